The molecule has 0 bridgehead atoms. The summed E-state index contributed by atoms with van der Waals surface area (Å²) in [7, 11) is 0. The molecule has 0 unspecified atom stereocenters. The van der Waals surface area contributed by atoms with Crippen molar-refractivity contribution in [2.45, 2.75) is 6.18 Å². The molecule has 5 nitrogen and oxygen atoms in total. The number of aromatic nitrogens is 1. The van der Waals surface area contributed by atoms with Crippen LogP contribution in [0.4, 0.5) is 24.5 Å². The molecule has 0 saturated carbocycles. The van der Waals surface area contributed by atoms with Crippen LogP contribution >= 0.6 is 0 Å². The van der Waals surface area contributed by atoms with E-state index in [1.54, 1.807) is 18.2 Å². The van der Waals surface area contributed by atoms with Crippen LogP contribution in [-0.4, -0.2) is 42.2 Å². The second-order valence-corrected chi connectivity index (χ2v) is 8.45. The maximum atomic E-state index is 12.9. The third-order valence-corrected chi connectivity index (χ3v) is 6.27. The maximum absolute atomic E-state index is 12.9. The molecule has 0 amide bonds. The number of fused-ring (bicyclic) bond motifs is 1. The van der Waals surface area contributed by atoms with Crippen molar-refractivity contribution in [2.75, 3.05) is 36.0 Å². The minimum Gasteiger partial charge on any atom is -0.478 e. The highest BCUT2D eigenvalue weighted by atomic mass is 19.4. The van der Waals surface area contributed by atoms with Crippen LogP contribution < -0.4 is 9.80 Å². The first kappa shape index (κ1) is 22.7. The van der Waals surface area contributed by atoms with Crippen molar-refractivity contribution in [3.63, 3.8) is 0 Å². The first-order valence-electron chi connectivity index (χ1n) is 11.2. The summed E-state index contributed by atoms with van der Waals surface area (Å²) in [6.45, 7) is 2.55. The van der Waals surface area contributed by atoms with Crippen LogP contribution in [0.5, 0.6) is 0 Å². The van der Waals surface area contributed by atoms with E-state index in [1.807, 2.05) is 36.4 Å². The Hall–Kier alpha value is -4.07. The highest BCUT2D eigenvalue weighted by Gasteiger charge is 2.30. The summed E-state index contributed by atoms with van der Waals surface area (Å²) in [6.07, 6.45) is -4.35. The van der Waals surface area contributed by atoms with E-state index in [1.165, 1.54) is 12.1 Å². The lowest BCUT2D eigenvalue weighted by Crippen LogP contribution is -2.46. The van der Waals surface area contributed by atoms with Crippen LogP contribution in [0.2, 0.25) is 0 Å². The fourth-order valence-electron chi connectivity index (χ4n) is 4.41. The third-order valence-electron chi connectivity index (χ3n) is 6.27. The number of rotatable bonds is 4. The summed E-state index contributed by atoms with van der Waals surface area (Å²) in [5, 5.41) is 10.1. The van der Waals surface area contributed by atoms with E-state index in [0.717, 1.165) is 40.2 Å². The number of carboxylic acids is 1. The fraction of sp³-hybridized carbons (Fsp3) is 0.185. The van der Waals surface area contributed by atoms with Crippen LogP contribution in [0.3, 0.4) is 0 Å². The Morgan fingerprint density at radius 2 is 1.49 bits per heavy atom. The first-order chi connectivity index (χ1) is 16.8. The topological polar surface area (TPSA) is 56.7 Å². The number of alkyl halides is 3. The smallest absolute Gasteiger partial charge is 0.416 e. The minimum atomic E-state index is -4.35. The van der Waals surface area contributed by atoms with E-state index in [-0.39, 0.29) is 5.56 Å². The Balaban J connectivity index is 1.45. The van der Waals surface area contributed by atoms with Crippen LogP contribution in [0.1, 0.15) is 15.9 Å². The minimum absolute atomic E-state index is 0.199. The van der Waals surface area contributed by atoms with Gasteiger partial charge in [-0.05, 0) is 48.5 Å². The Kier molecular flexibility index (Phi) is 5.80. The lowest BCUT2D eigenvalue weighted by Gasteiger charge is -2.38. The molecule has 35 heavy (non-hydrogen) atoms. The molecule has 1 aliphatic rings. The molecule has 1 aromatic heterocycles. The highest BCUT2D eigenvalue weighted by molar-refractivity contribution is 5.96. The maximum Gasteiger partial charge on any atom is 0.416 e. The summed E-state index contributed by atoms with van der Waals surface area (Å²) >= 11 is 0. The zero-order chi connectivity index (χ0) is 24.6. The molecule has 4 aromatic rings. The summed E-state index contributed by atoms with van der Waals surface area (Å²) in [6, 6.07) is 21.9. The van der Waals surface area contributed by atoms with Gasteiger partial charge in [-0.15, -0.1) is 0 Å². The molecule has 0 aliphatic carbocycles. The molecular weight excluding hydrogens is 455 g/mol. The average molecular weight is 477 g/mol. The third kappa shape index (κ3) is 4.64. The Labute approximate surface area is 200 Å². The second-order valence-electron chi connectivity index (χ2n) is 8.45. The first-order valence-corrected chi connectivity index (χ1v) is 11.2. The molecule has 5 rings (SSSR count). The molecule has 3 aromatic carbocycles. The van der Waals surface area contributed by atoms with E-state index in [9.17, 15) is 23.1 Å². The lowest BCUT2D eigenvalue weighted by atomic mass is 10.0. The predicted octanol–water partition coefficient (Wildman–Crippen LogP) is 5.95. The van der Waals surface area contributed by atoms with Crippen molar-refractivity contribution in [3.05, 3.63) is 90.0 Å². The van der Waals surface area contributed by atoms with Gasteiger partial charge in [-0.3, -0.25) is 0 Å². The SMILES string of the molecule is O=C(O)c1ccc2nc(-c3ccccc3)c(N3CCN(c4ccc(C(F)(F)F)cc4)CC3)cc2c1. The van der Waals surface area contributed by atoms with E-state index in [4.69, 9.17) is 4.98 Å². The van der Waals surface area contributed by atoms with Gasteiger partial charge < -0.3 is 14.9 Å². The standard InChI is InChI=1S/C27H22F3N3O2/c28-27(29,30)21-7-9-22(10-8-21)32-12-14-33(15-13-32)24-17-20-16-19(26(34)35)6-11-23(20)31-25(24)18-4-2-1-3-5-18/h1-11,16-17H,12-15H2,(H,34,35). The summed E-state index contributed by atoms with van der Waals surface area (Å²) in [4.78, 5) is 20.6. The lowest BCUT2D eigenvalue weighted by molar-refractivity contribution is -0.137. The van der Waals surface area contributed by atoms with E-state index >= 15 is 0 Å². The molecule has 0 radical (unpaired) electrons. The van der Waals surface area contributed by atoms with Crippen molar-refractivity contribution >= 4 is 28.2 Å². The molecule has 178 valence electrons. The average Bonchev–Trinajstić information content (AvgIpc) is 2.88. The zero-order valence-electron chi connectivity index (χ0n) is 18.7. The number of pyridine rings is 1. The zero-order valence-corrected chi connectivity index (χ0v) is 18.7. The van der Waals surface area contributed by atoms with Crippen LogP contribution in [-0.2, 0) is 6.18 Å². The van der Waals surface area contributed by atoms with Crippen molar-refractivity contribution in [3.8, 4) is 11.3 Å². The van der Waals surface area contributed by atoms with Crippen molar-refractivity contribution in [2.24, 2.45) is 0 Å². The van der Waals surface area contributed by atoms with Gasteiger partial charge in [0.05, 0.1) is 28.0 Å². The fourth-order valence-corrected chi connectivity index (χ4v) is 4.41. The number of hydrogen-bond donors (Lipinski definition) is 1. The van der Waals surface area contributed by atoms with Crippen molar-refractivity contribution < 1.29 is 23.1 Å². The molecular formula is C27H22F3N3O2. The van der Waals surface area contributed by atoms with E-state index in [2.05, 4.69) is 9.80 Å². The van der Waals surface area contributed by atoms with E-state index in [0.29, 0.717) is 31.7 Å². The quantitative estimate of drug-likeness (QED) is 0.394. The summed E-state index contributed by atoms with van der Waals surface area (Å²) in [5.74, 6) is -0.995. The van der Waals surface area contributed by atoms with E-state index < -0.39 is 17.7 Å². The molecule has 1 saturated heterocycles. The molecule has 0 atom stereocenters. The summed E-state index contributed by atoms with van der Waals surface area (Å²) in [5.41, 5.74) is 3.67. The van der Waals surface area contributed by atoms with Crippen LogP contribution in [0.25, 0.3) is 22.2 Å². The molecule has 1 fully saturated rings. The van der Waals surface area contributed by atoms with Crippen LogP contribution in [0, 0.1) is 0 Å². The number of halogens is 3. The van der Waals surface area contributed by atoms with Gasteiger partial charge in [0.15, 0.2) is 0 Å². The van der Waals surface area contributed by atoms with Crippen molar-refractivity contribution in [1.82, 2.24) is 4.98 Å². The van der Waals surface area contributed by atoms with Gasteiger partial charge in [0.1, 0.15) is 0 Å². The van der Waals surface area contributed by atoms with Gasteiger partial charge in [-0.1, -0.05) is 30.3 Å². The van der Waals surface area contributed by atoms with Gasteiger partial charge >= 0.3 is 12.1 Å². The van der Waals surface area contributed by atoms with Gasteiger partial charge in [-0.2, -0.15) is 13.2 Å². The summed E-state index contributed by atoms with van der Waals surface area (Å²) < 4.78 is 38.7. The Morgan fingerprint density at radius 1 is 0.829 bits per heavy atom. The van der Waals surface area contributed by atoms with Gasteiger partial charge in [0, 0.05) is 42.8 Å². The second kappa shape index (κ2) is 8.94. The number of anilines is 2. The molecule has 8 heteroatoms. The highest BCUT2D eigenvalue weighted by Crippen LogP contribution is 2.34. The number of hydrogen-bond acceptors (Lipinski definition) is 4. The molecule has 0 spiro atoms. The molecule has 1 N–H and O–H groups in total. The van der Waals surface area contributed by atoms with Gasteiger partial charge in [-0.25, -0.2) is 9.78 Å². The number of piperazine rings is 1. The van der Waals surface area contributed by atoms with Crippen molar-refractivity contribution in [1.29, 1.82) is 0 Å². The monoisotopic (exact) mass is 477 g/mol. The number of carboxylic acid groups (broad SMARTS) is 1. The number of nitrogens with zero attached hydrogens (tertiary/aromatic N) is 3. The van der Waals surface area contributed by atoms with Gasteiger partial charge in [0.25, 0.3) is 0 Å². The number of carbonyl (C=O) groups is 1. The largest absolute Gasteiger partial charge is 0.478 e. The van der Waals surface area contributed by atoms with Crippen LogP contribution in [0.15, 0.2) is 78.9 Å². The number of aromatic carboxylic acids is 1. The molecule has 2 heterocycles. The Morgan fingerprint density at radius 3 is 2.11 bits per heavy atom. The number of benzene rings is 3. The van der Waals surface area contributed by atoms with Gasteiger partial charge in [0.2, 0.25) is 0 Å². The Bertz CT molecular complexity index is 1360. The predicted molar refractivity (Wildman–Crippen MR) is 130 cm³/mol. The normalized spacial score (nSPS) is 14.4. The molecule has 1 aliphatic heterocycles.